The molecule has 14 rings (SSSR count). The summed E-state index contributed by atoms with van der Waals surface area (Å²) in [5.41, 5.74) is 16.8. The van der Waals surface area contributed by atoms with E-state index in [1.54, 1.807) is 0 Å². The molecular formula is C60H37N3O. The maximum absolute atomic E-state index is 6.68. The van der Waals surface area contributed by atoms with Crippen molar-refractivity contribution in [1.29, 1.82) is 0 Å². The minimum absolute atomic E-state index is 0.886. The number of hydrogen-bond acceptors (Lipinski definition) is 1. The van der Waals surface area contributed by atoms with Crippen LogP contribution in [0.4, 0.5) is 0 Å². The van der Waals surface area contributed by atoms with Crippen molar-refractivity contribution in [3.05, 3.63) is 224 Å². The lowest BCUT2D eigenvalue weighted by atomic mass is 9.92. The van der Waals surface area contributed by atoms with Crippen molar-refractivity contribution in [2.75, 3.05) is 0 Å². The molecule has 0 saturated heterocycles. The zero-order valence-corrected chi connectivity index (χ0v) is 34.6. The van der Waals surface area contributed by atoms with Crippen LogP contribution in [0.2, 0.25) is 0 Å². The highest BCUT2D eigenvalue weighted by Gasteiger charge is 2.22. The number of aromatic nitrogens is 3. The number of furan rings is 1. The highest BCUT2D eigenvalue weighted by atomic mass is 16.3. The fraction of sp³-hybridized carbons (Fsp3) is 0. The molecule has 0 spiro atoms. The quantitative estimate of drug-likeness (QED) is 0.170. The summed E-state index contributed by atoms with van der Waals surface area (Å²) < 4.78 is 13.9. The Bertz CT molecular complexity index is 4180. The SMILES string of the molecule is c1ccc(-c2cc3c4ccccc4n(-c4cccc5c4oc4ccccc45)c3cc2-c2ccc3c(c2)c2ccccc2n3-c2ccc3c(c2)c2ccccc2n3-c2ccccc2)cc1. The standard InChI is InChI=1S/C60H37N3O/c1-3-16-38(17-4-1)47-36-51-44-22-9-13-27-54(44)63(57-28-15-24-46-45-23-10-14-29-59(45)64-60(46)57)58(51)37-48(47)39-30-32-55-49(34-39)42-20-7-12-26-53(42)62(55)41-31-33-56-50(35-41)43-21-8-11-25-52(43)61(56)40-18-5-2-6-19-40/h1-37H. The summed E-state index contributed by atoms with van der Waals surface area (Å²) in [5, 5.41) is 9.55. The molecule has 14 aromatic rings. The monoisotopic (exact) mass is 815 g/mol. The van der Waals surface area contributed by atoms with Crippen molar-refractivity contribution in [3.63, 3.8) is 0 Å². The molecule has 0 aliphatic carbocycles. The molecular weight excluding hydrogens is 779 g/mol. The Morgan fingerprint density at radius 2 is 0.781 bits per heavy atom. The summed E-state index contributed by atoms with van der Waals surface area (Å²) in [6.45, 7) is 0. The van der Waals surface area contributed by atoms with Gasteiger partial charge in [0.1, 0.15) is 5.58 Å². The summed E-state index contributed by atoms with van der Waals surface area (Å²) in [7, 11) is 0. The fourth-order valence-corrected chi connectivity index (χ4v) is 10.7. The van der Waals surface area contributed by atoms with Gasteiger partial charge in [0.2, 0.25) is 0 Å². The molecule has 0 radical (unpaired) electrons. The summed E-state index contributed by atoms with van der Waals surface area (Å²) in [4.78, 5) is 0. The number of rotatable bonds is 5. The van der Waals surface area contributed by atoms with Gasteiger partial charge in [-0.25, -0.2) is 0 Å². The second-order valence-corrected chi connectivity index (χ2v) is 16.9. The Hall–Kier alpha value is -8.60. The van der Waals surface area contributed by atoms with Crippen LogP contribution in [-0.2, 0) is 0 Å². The summed E-state index contributed by atoms with van der Waals surface area (Å²) in [6.07, 6.45) is 0. The van der Waals surface area contributed by atoms with E-state index in [2.05, 4.69) is 232 Å². The van der Waals surface area contributed by atoms with Crippen molar-refractivity contribution in [2.24, 2.45) is 0 Å². The molecule has 0 saturated carbocycles. The van der Waals surface area contributed by atoms with Gasteiger partial charge in [0.15, 0.2) is 5.58 Å². The molecule has 4 nitrogen and oxygen atoms in total. The number of nitrogens with zero attached hydrogens (tertiary/aromatic N) is 3. The van der Waals surface area contributed by atoms with Gasteiger partial charge < -0.3 is 18.1 Å². The smallest absolute Gasteiger partial charge is 0.159 e. The molecule has 64 heavy (non-hydrogen) atoms. The van der Waals surface area contributed by atoms with Crippen LogP contribution in [-0.4, -0.2) is 13.7 Å². The highest BCUT2D eigenvalue weighted by molar-refractivity contribution is 6.17. The van der Waals surface area contributed by atoms with Gasteiger partial charge in [-0.15, -0.1) is 0 Å². The van der Waals surface area contributed by atoms with E-state index in [9.17, 15) is 0 Å². The van der Waals surface area contributed by atoms with E-state index in [0.29, 0.717) is 0 Å². The zero-order valence-electron chi connectivity index (χ0n) is 34.6. The predicted octanol–water partition coefficient (Wildman–Crippen LogP) is 16.2. The van der Waals surface area contributed by atoms with Crippen LogP contribution in [0.5, 0.6) is 0 Å². The molecule has 0 atom stereocenters. The molecule has 0 aliphatic heterocycles. The first-order chi connectivity index (χ1) is 31.8. The lowest BCUT2D eigenvalue weighted by Gasteiger charge is -2.14. The van der Waals surface area contributed by atoms with Gasteiger partial charge in [0, 0.05) is 54.5 Å². The van der Waals surface area contributed by atoms with Gasteiger partial charge in [-0.2, -0.15) is 0 Å². The number of fused-ring (bicyclic) bond motifs is 12. The maximum atomic E-state index is 6.68. The van der Waals surface area contributed by atoms with Gasteiger partial charge in [0.25, 0.3) is 0 Å². The Morgan fingerprint density at radius 3 is 1.50 bits per heavy atom. The van der Waals surface area contributed by atoms with Gasteiger partial charge in [0.05, 0.1) is 38.8 Å². The van der Waals surface area contributed by atoms with E-state index >= 15 is 0 Å². The molecule has 0 aliphatic rings. The first kappa shape index (κ1) is 35.0. The van der Waals surface area contributed by atoms with Gasteiger partial charge in [-0.1, -0.05) is 140 Å². The molecule has 0 N–H and O–H groups in total. The minimum atomic E-state index is 0.886. The topological polar surface area (TPSA) is 27.9 Å². The Morgan fingerprint density at radius 1 is 0.266 bits per heavy atom. The van der Waals surface area contributed by atoms with E-state index in [1.165, 1.54) is 71.1 Å². The third-order valence-electron chi connectivity index (χ3n) is 13.4. The van der Waals surface area contributed by atoms with E-state index < -0.39 is 0 Å². The first-order valence-corrected chi connectivity index (χ1v) is 21.9. The van der Waals surface area contributed by atoms with Crippen molar-refractivity contribution in [2.45, 2.75) is 0 Å². The van der Waals surface area contributed by atoms with Gasteiger partial charge in [-0.05, 0) is 107 Å². The number of para-hydroxylation sites is 6. The van der Waals surface area contributed by atoms with E-state index in [4.69, 9.17) is 4.42 Å². The number of benzene rings is 10. The van der Waals surface area contributed by atoms with Crippen molar-refractivity contribution < 1.29 is 4.42 Å². The Labute approximate surface area is 367 Å². The van der Waals surface area contributed by atoms with Crippen LogP contribution in [0.15, 0.2) is 229 Å². The molecule has 4 heterocycles. The average Bonchev–Trinajstić information content (AvgIpc) is 4.10. The van der Waals surface area contributed by atoms with E-state index in [0.717, 1.165) is 55.6 Å². The third kappa shape index (κ3) is 4.99. The van der Waals surface area contributed by atoms with Crippen LogP contribution in [0, 0.1) is 0 Å². The largest absolute Gasteiger partial charge is 0.454 e. The Balaban J connectivity index is 1.02. The van der Waals surface area contributed by atoms with Crippen LogP contribution in [0.3, 0.4) is 0 Å². The molecule has 4 heteroatoms. The van der Waals surface area contributed by atoms with Crippen LogP contribution in [0.25, 0.3) is 127 Å². The van der Waals surface area contributed by atoms with Crippen LogP contribution in [0.1, 0.15) is 0 Å². The zero-order chi connectivity index (χ0) is 41.9. The van der Waals surface area contributed by atoms with Crippen molar-refractivity contribution in [3.8, 4) is 39.3 Å². The summed E-state index contributed by atoms with van der Waals surface area (Å²) >= 11 is 0. The second-order valence-electron chi connectivity index (χ2n) is 16.9. The van der Waals surface area contributed by atoms with Crippen LogP contribution >= 0.6 is 0 Å². The summed E-state index contributed by atoms with van der Waals surface area (Å²) in [5.74, 6) is 0. The van der Waals surface area contributed by atoms with Crippen LogP contribution < -0.4 is 0 Å². The average molecular weight is 816 g/mol. The van der Waals surface area contributed by atoms with E-state index in [1.807, 2.05) is 6.07 Å². The van der Waals surface area contributed by atoms with Crippen molar-refractivity contribution in [1.82, 2.24) is 13.7 Å². The molecule has 0 unspecified atom stereocenters. The molecule has 298 valence electrons. The fourth-order valence-electron chi connectivity index (χ4n) is 10.7. The first-order valence-electron chi connectivity index (χ1n) is 21.9. The van der Waals surface area contributed by atoms with Crippen molar-refractivity contribution >= 4 is 87.4 Å². The minimum Gasteiger partial charge on any atom is -0.454 e. The molecule has 10 aromatic carbocycles. The highest BCUT2D eigenvalue weighted by Crippen LogP contribution is 2.45. The Kier molecular flexibility index (Phi) is 7.36. The number of hydrogen-bond donors (Lipinski definition) is 0. The molecule has 4 aromatic heterocycles. The normalized spacial score (nSPS) is 12.1. The van der Waals surface area contributed by atoms with Gasteiger partial charge in [-0.3, -0.25) is 0 Å². The molecule has 0 amide bonds. The van der Waals surface area contributed by atoms with Gasteiger partial charge >= 0.3 is 0 Å². The summed E-state index contributed by atoms with van der Waals surface area (Å²) in [6, 6.07) is 81.5. The second kappa shape index (κ2) is 13.4. The molecule has 0 fully saturated rings. The molecule has 0 bridgehead atoms. The van der Waals surface area contributed by atoms with E-state index in [-0.39, 0.29) is 0 Å². The lowest BCUT2D eigenvalue weighted by Crippen LogP contribution is -1.96. The lowest BCUT2D eigenvalue weighted by molar-refractivity contribution is 0.666. The predicted molar refractivity (Wildman–Crippen MR) is 268 cm³/mol. The maximum Gasteiger partial charge on any atom is 0.159 e. The third-order valence-corrected chi connectivity index (χ3v) is 13.4.